The van der Waals surface area contributed by atoms with E-state index in [1.165, 1.54) is 0 Å². The molecule has 0 aliphatic carbocycles. The van der Waals surface area contributed by atoms with E-state index in [-0.39, 0.29) is 0 Å². The van der Waals surface area contributed by atoms with Gasteiger partial charge in [-0.3, -0.25) is 4.68 Å². The van der Waals surface area contributed by atoms with Gasteiger partial charge in [0.1, 0.15) is 0 Å². The Balaban J connectivity index is 2.22. The fourth-order valence-corrected chi connectivity index (χ4v) is 1.32. The summed E-state index contributed by atoms with van der Waals surface area (Å²) in [5.41, 5.74) is 1.10. The maximum absolute atomic E-state index is 4.98. The maximum Gasteiger partial charge on any atom is 0.0762 e. The number of nitrogens with zero attached hydrogens (tertiary/aromatic N) is 2. The number of hydrogen-bond donors (Lipinski definition) is 1. The number of ether oxygens (including phenoxy) is 1. The van der Waals surface area contributed by atoms with Gasteiger partial charge in [-0.2, -0.15) is 5.10 Å². The highest BCUT2D eigenvalue weighted by molar-refractivity contribution is 4.97. The predicted molar refractivity (Wildman–Crippen MR) is 56.1 cm³/mol. The smallest absolute Gasteiger partial charge is 0.0762 e. The molecule has 0 aliphatic rings. The molecule has 1 aromatic heterocycles. The van der Waals surface area contributed by atoms with Crippen molar-refractivity contribution in [1.29, 1.82) is 0 Å². The molecule has 0 atom stereocenters. The first-order chi connectivity index (χ1) is 6.86. The standard InChI is InChI=1S/C10H19N3O/c1-11-9-10-5-7-13(12-10)6-3-4-8-14-2/h5,7,11H,3-4,6,8-9H2,1-2H3. The summed E-state index contributed by atoms with van der Waals surface area (Å²) in [7, 11) is 3.66. The molecule has 0 unspecified atom stereocenters. The number of hydrogen-bond acceptors (Lipinski definition) is 3. The SMILES string of the molecule is CNCc1ccn(CCCCOC)n1. The second-order valence-corrected chi connectivity index (χ2v) is 3.30. The van der Waals surface area contributed by atoms with Crippen LogP contribution in [0.5, 0.6) is 0 Å². The van der Waals surface area contributed by atoms with E-state index in [1.807, 2.05) is 24.0 Å². The lowest BCUT2D eigenvalue weighted by Crippen LogP contribution is -2.07. The van der Waals surface area contributed by atoms with E-state index in [0.717, 1.165) is 38.2 Å². The number of unbranched alkanes of at least 4 members (excludes halogenated alkanes) is 1. The van der Waals surface area contributed by atoms with E-state index < -0.39 is 0 Å². The highest BCUT2D eigenvalue weighted by Crippen LogP contribution is 1.98. The van der Waals surface area contributed by atoms with Gasteiger partial charge in [0.05, 0.1) is 5.69 Å². The van der Waals surface area contributed by atoms with Gasteiger partial charge in [0.15, 0.2) is 0 Å². The van der Waals surface area contributed by atoms with Gasteiger partial charge in [0, 0.05) is 33.0 Å². The lowest BCUT2D eigenvalue weighted by atomic mass is 10.3. The van der Waals surface area contributed by atoms with Crippen molar-refractivity contribution in [3.05, 3.63) is 18.0 Å². The largest absolute Gasteiger partial charge is 0.385 e. The van der Waals surface area contributed by atoms with Crippen molar-refractivity contribution in [2.45, 2.75) is 25.9 Å². The van der Waals surface area contributed by atoms with Crippen LogP contribution in [0.2, 0.25) is 0 Å². The maximum atomic E-state index is 4.98. The molecule has 80 valence electrons. The topological polar surface area (TPSA) is 39.1 Å². The van der Waals surface area contributed by atoms with Gasteiger partial charge in [-0.15, -0.1) is 0 Å². The van der Waals surface area contributed by atoms with E-state index >= 15 is 0 Å². The van der Waals surface area contributed by atoms with Crippen LogP contribution in [0.4, 0.5) is 0 Å². The average Bonchev–Trinajstić information content (AvgIpc) is 2.61. The molecule has 0 saturated carbocycles. The summed E-state index contributed by atoms with van der Waals surface area (Å²) in [6.07, 6.45) is 4.24. The quantitative estimate of drug-likeness (QED) is 0.664. The minimum atomic E-state index is 0.838. The first-order valence-corrected chi connectivity index (χ1v) is 5.02. The first-order valence-electron chi connectivity index (χ1n) is 5.02. The molecule has 0 amide bonds. The van der Waals surface area contributed by atoms with Crippen LogP contribution in [0.25, 0.3) is 0 Å². The second-order valence-electron chi connectivity index (χ2n) is 3.30. The highest BCUT2D eigenvalue weighted by Gasteiger charge is 1.96. The third-order valence-corrected chi connectivity index (χ3v) is 2.04. The molecule has 4 nitrogen and oxygen atoms in total. The molecule has 0 saturated heterocycles. The summed E-state index contributed by atoms with van der Waals surface area (Å²) in [5, 5.41) is 7.49. The van der Waals surface area contributed by atoms with E-state index in [2.05, 4.69) is 10.4 Å². The average molecular weight is 197 g/mol. The van der Waals surface area contributed by atoms with Crippen LogP contribution in [-0.4, -0.2) is 30.5 Å². The summed E-state index contributed by atoms with van der Waals surface area (Å²) in [4.78, 5) is 0. The molecule has 1 aromatic rings. The Bertz CT molecular complexity index is 247. The third kappa shape index (κ3) is 3.89. The molecule has 14 heavy (non-hydrogen) atoms. The number of methoxy groups -OCH3 is 1. The summed E-state index contributed by atoms with van der Waals surface area (Å²) in [6.45, 7) is 2.66. The molecule has 1 heterocycles. The Morgan fingerprint density at radius 2 is 2.36 bits per heavy atom. The first kappa shape index (κ1) is 11.2. The Labute approximate surface area is 85.3 Å². The molecule has 1 N–H and O–H groups in total. The zero-order valence-corrected chi connectivity index (χ0v) is 8.99. The monoisotopic (exact) mass is 197 g/mol. The zero-order chi connectivity index (χ0) is 10.2. The van der Waals surface area contributed by atoms with Crippen LogP contribution < -0.4 is 5.32 Å². The zero-order valence-electron chi connectivity index (χ0n) is 8.99. The van der Waals surface area contributed by atoms with Gasteiger partial charge in [0.2, 0.25) is 0 Å². The number of aryl methyl sites for hydroxylation is 1. The van der Waals surface area contributed by atoms with E-state index in [4.69, 9.17) is 4.74 Å². The van der Waals surface area contributed by atoms with Crippen LogP contribution in [0.1, 0.15) is 18.5 Å². The van der Waals surface area contributed by atoms with Gasteiger partial charge in [0.25, 0.3) is 0 Å². The molecular weight excluding hydrogens is 178 g/mol. The van der Waals surface area contributed by atoms with Crippen molar-refractivity contribution < 1.29 is 4.74 Å². The highest BCUT2D eigenvalue weighted by atomic mass is 16.5. The van der Waals surface area contributed by atoms with Gasteiger partial charge in [-0.1, -0.05) is 0 Å². The minimum Gasteiger partial charge on any atom is -0.385 e. The van der Waals surface area contributed by atoms with Crippen molar-refractivity contribution in [2.24, 2.45) is 0 Å². The molecular formula is C10H19N3O. The van der Waals surface area contributed by atoms with E-state index in [9.17, 15) is 0 Å². The molecule has 0 aromatic carbocycles. The number of nitrogens with one attached hydrogen (secondary N) is 1. The summed E-state index contributed by atoms with van der Waals surface area (Å²) in [5.74, 6) is 0. The Morgan fingerprint density at radius 3 is 3.07 bits per heavy atom. The molecule has 0 aliphatic heterocycles. The lowest BCUT2D eigenvalue weighted by Gasteiger charge is -2.00. The molecule has 0 radical (unpaired) electrons. The second kappa shape index (κ2) is 6.56. The predicted octanol–water partition coefficient (Wildman–Crippen LogP) is 1.03. The Morgan fingerprint density at radius 1 is 1.50 bits per heavy atom. The van der Waals surface area contributed by atoms with Crippen LogP contribution in [0.15, 0.2) is 12.3 Å². The molecule has 0 bridgehead atoms. The molecule has 4 heteroatoms. The fourth-order valence-electron chi connectivity index (χ4n) is 1.32. The lowest BCUT2D eigenvalue weighted by molar-refractivity contribution is 0.191. The normalized spacial score (nSPS) is 10.7. The fraction of sp³-hybridized carbons (Fsp3) is 0.700. The van der Waals surface area contributed by atoms with Crippen molar-refractivity contribution in [1.82, 2.24) is 15.1 Å². The number of rotatable bonds is 7. The van der Waals surface area contributed by atoms with Crippen LogP contribution >= 0.6 is 0 Å². The van der Waals surface area contributed by atoms with Gasteiger partial charge >= 0.3 is 0 Å². The summed E-state index contributed by atoms with van der Waals surface area (Å²) in [6, 6.07) is 2.05. The van der Waals surface area contributed by atoms with E-state index in [1.54, 1.807) is 7.11 Å². The van der Waals surface area contributed by atoms with E-state index in [0.29, 0.717) is 0 Å². The van der Waals surface area contributed by atoms with Gasteiger partial charge in [-0.05, 0) is 26.0 Å². The molecule has 0 fully saturated rings. The Kier molecular flexibility index (Phi) is 5.25. The van der Waals surface area contributed by atoms with Crippen molar-refractivity contribution in [3.8, 4) is 0 Å². The van der Waals surface area contributed by atoms with Crippen LogP contribution in [0, 0.1) is 0 Å². The van der Waals surface area contributed by atoms with Crippen LogP contribution in [-0.2, 0) is 17.8 Å². The van der Waals surface area contributed by atoms with Crippen LogP contribution in [0.3, 0.4) is 0 Å². The molecule has 1 rings (SSSR count). The third-order valence-electron chi connectivity index (χ3n) is 2.04. The summed E-state index contributed by atoms with van der Waals surface area (Å²) >= 11 is 0. The molecule has 0 spiro atoms. The summed E-state index contributed by atoms with van der Waals surface area (Å²) < 4.78 is 6.97. The van der Waals surface area contributed by atoms with Crippen molar-refractivity contribution >= 4 is 0 Å². The van der Waals surface area contributed by atoms with Crippen molar-refractivity contribution in [3.63, 3.8) is 0 Å². The number of aromatic nitrogens is 2. The van der Waals surface area contributed by atoms with Gasteiger partial charge < -0.3 is 10.1 Å². The minimum absolute atomic E-state index is 0.838. The van der Waals surface area contributed by atoms with Gasteiger partial charge in [-0.25, -0.2) is 0 Å². The Hall–Kier alpha value is -0.870. The van der Waals surface area contributed by atoms with Crippen molar-refractivity contribution in [2.75, 3.05) is 20.8 Å².